The Morgan fingerprint density at radius 3 is 0.600 bits per heavy atom. The van der Waals surface area contributed by atoms with Crippen LogP contribution in [-0.4, -0.2) is 55.9 Å². The van der Waals surface area contributed by atoms with Crippen molar-refractivity contribution < 1.29 is 72.9 Å². The molecule has 0 rings (SSSR count). The van der Waals surface area contributed by atoms with E-state index in [4.69, 9.17) is 17.5 Å². The van der Waals surface area contributed by atoms with Gasteiger partial charge >= 0.3 is 10.4 Å². The summed E-state index contributed by atoms with van der Waals surface area (Å²) in [6, 6.07) is 0. The topological polar surface area (TPSA) is 365 Å². The van der Waals surface area contributed by atoms with Gasteiger partial charge in [0, 0.05) is 17.1 Å². The van der Waals surface area contributed by atoms with Crippen LogP contribution >= 0.6 is 0 Å². The van der Waals surface area contributed by atoms with Crippen molar-refractivity contribution in [1.82, 2.24) is 12.3 Å². The number of rotatable bonds is 0. The van der Waals surface area contributed by atoms with Crippen LogP contribution in [0.3, 0.4) is 0 Å². The molecule has 0 heterocycles. The monoisotopic (exact) mass is 314 g/mol. The zero-order valence-electron chi connectivity index (χ0n) is 7.39. The molecule has 0 saturated heterocycles. The van der Waals surface area contributed by atoms with E-state index < -0.39 is 10.4 Å². The summed E-state index contributed by atoms with van der Waals surface area (Å²) in [5.74, 6) is 0. The molecule has 0 aliphatic rings. The van der Waals surface area contributed by atoms with Crippen LogP contribution in [-0.2, 0) is 27.5 Å². The first-order valence-corrected chi connectivity index (χ1v) is 2.10. The first-order valence-electron chi connectivity index (χ1n) is 0.698. The molecule has 15 heavy (non-hydrogen) atoms. The maximum absolute atomic E-state index is 8.74. The zero-order chi connectivity index (χ0) is 4.50. The van der Waals surface area contributed by atoms with Crippen molar-refractivity contribution in [2.45, 2.75) is 0 Å². The Morgan fingerprint density at radius 2 is 0.600 bits per heavy atom. The molecule has 0 aromatic rings. The SMILES string of the molecule is N.N.O.O.O.O.O.O.O.O=S(=O)(O)O.[Fe]. The van der Waals surface area contributed by atoms with E-state index in [0.717, 1.165) is 0 Å². The van der Waals surface area contributed by atoms with Crippen molar-refractivity contribution in [1.29, 1.82) is 0 Å². The van der Waals surface area contributed by atoms with Crippen molar-refractivity contribution in [2.75, 3.05) is 0 Å². The van der Waals surface area contributed by atoms with E-state index in [1.165, 1.54) is 0 Å². The average Bonchev–Trinajstić information content (AvgIpc) is 0.722. The van der Waals surface area contributed by atoms with Crippen molar-refractivity contribution >= 4 is 10.4 Å². The van der Waals surface area contributed by atoms with Gasteiger partial charge in [-0.3, -0.25) is 9.11 Å². The molecule has 0 fully saturated rings. The summed E-state index contributed by atoms with van der Waals surface area (Å²) in [6.07, 6.45) is 0. The second-order valence-corrected chi connectivity index (χ2v) is 1.34. The van der Waals surface area contributed by atoms with Crippen molar-refractivity contribution in [2.24, 2.45) is 0 Å². The third-order valence-corrected chi connectivity index (χ3v) is 0. The van der Waals surface area contributed by atoms with Crippen LogP contribution in [0.1, 0.15) is 0 Å². The fourth-order valence-corrected chi connectivity index (χ4v) is 0. The summed E-state index contributed by atoms with van der Waals surface area (Å²) in [5.41, 5.74) is 0. The van der Waals surface area contributed by atoms with Gasteiger partial charge in [0.15, 0.2) is 0 Å². The maximum atomic E-state index is 8.74. The largest absolute Gasteiger partial charge is 0.412 e. The average molecular weight is 314 g/mol. The smallest absolute Gasteiger partial charge is 0.394 e. The third kappa shape index (κ3) is 2340000. The van der Waals surface area contributed by atoms with Gasteiger partial charge in [-0.05, 0) is 0 Å². The molecule has 13 nitrogen and oxygen atoms in total. The summed E-state index contributed by atoms with van der Waals surface area (Å²) in [4.78, 5) is 0. The molecule has 0 atom stereocenters. The first-order chi connectivity index (χ1) is 2.00. The Balaban J connectivity index is -0.00000000178. The second-order valence-electron chi connectivity index (χ2n) is 0.448. The first kappa shape index (κ1) is 182. The predicted octanol–water partition coefficient (Wildman–Crippen LogP) is -6.10. The quantitative estimate of drug-likeness (QED) is 0.248. The Bertz CT molecular complexity index is 102. The van der Waals surface area contributed by atoms with Crippen LogP contribution in [0.25, 0.3) is 0 Å². The van der Waals surface area contributed by atoms with E-state index in [2.05, 4.69) is 0 Å². The summed E-state index contributed by atoms with van der Waals surface area (Å²) < 4.78 is 31.6. The van der Waals surface area contributed by atoms with E-state index in [1.54, 1.807) is 0 Å². The van der Waals surface area contributed by atoms with Gasteiger partial charge in [-0.25, -0.2) is 0 Å². The van der Waals surface area contributed by atoms with Crippen LogP contribution in [0.2, 0.25) is 0 Å². The molecule has 0 aliphatic heterocycles. The van der Waals surface area contributed by atoms with Crippen LogP contribution in [0.4, 0.5) is 0 Å². The van der Waals surface area contributed by atoms with E-state index in [0.29, 0.717) is 0 Å². The molecule has 0 aromatic heterocycles. The second kappa shape index (κ2) is 65.5. The summed E-state index contributed by atoms with van der Waals surface area (Å²) in [7, 11) is -4.67. The minimum atomic E-state index is -4.67. The minimum Gasteiger partial charge on any atom is -0.412 e. The van der Waals surface area contributed by atoms with Crippen LogP contribution < -0.4 is 12.3 Å². The Morgan fingerprint density at radius 1 is 0.600 bits per heavy atom. The summed E-state index contributed by atoms with van der Waals surface area (Å²) in [6.45, 7) is 0. The fraction of sp³-hybridized carbons (Fsp3) is 0. The van der Waals surface area contributed by atoms with E-state index in [1.807, 2.05) is 0 Å². The van der Waals surface area contributed by atoms with Gasteiger partial charge in [0.1, 0.15) is 0 Å². The molecule has 22 N–H and O–H groups in total. The standard InChI is InChI=1S/Fe.2H3N.H2O4S.7H2O/c;;;1-5(2,3)4;;;;;;;/h;2*1H3;(H2,1,2,3,4);7*1H2. The number of hydrogen-bond donors (Lipinski definition) is 4. The maximum Gasteiger partial charge on any atom is 0.394 e. The van der Waals surface area contributed by atoms with Gasteiger partial charge in [-0.15, -0.1) is 0 Å². The van der Waals surface area contributed by atoms with Gasteiger partial charge in [0.2, 0.25) is 0 Å². The zero-order valence-corrected chi connectivity index (χ0v) is 9.31. The van der Waals surface area contributed by atoms with Crippen molar-refractivity contribution in [3.05, 3.63) is 0 Å². The Labute approximate surface area is 96.2 Å². The third-order valence-electron chi connectivity index (χ3n) is 0. The van der Waals surface area contributed by atoms with Crippen molar-refractivity contribution in [3.63, 3.8) is 0 Å². The molecule has 112 valence electrons. The predicted molar refractivity (Wildman–Crippen MR) is 49.5 cm³/mol. The van der Waals surface area contributed by atoms with Crippen LogP contribution in [0, 0.1) is 0 Å². The normalized spacial score (nSPS) is 3.87. The summed E-state index contributed by atoms with van der Waals surface area (Å²) >= 11 is 0. The molecule has 0 unspecified atom stereocenters. The molecule has 0 radical (unpaired) electrons. The van der Waals surface area contributed by atoms with Gasteiger partial charge in [0.25, 0.3) is 0 Å². The molecule has 0 amide bonds. The molecule has 0 bridgehead atoms. The summed E-state index contributed by atoms with van der Waals surface area (Å²) in [5, 5.41) is 0. The molecular formula is H22FeN2O11S. The van der Waals surface area contributed by atoms with Gasteiger partial charge < -0.3 is 50.6 Å². The molecule has 0 aromatic carbocycles. The van der Waals surface area contributed by atoms with Gasteiger partial charge in [0.05, 0.1) is 0 Å². The van der Waals surface area contributed by atoms with E-state index in [9.17, 15) is 0 Å². The Hall–Kier alpha value is 0.0295. The van der Waals surface area contributed by atoms with E-state index in [-0.39, 0.29) is 67.7 Å². The molecule has 0 spiro atoms. The van der Waals surface area contributed by atoms with E-state index >= 15 is 0 Å². The van der Waals surface area contributed by atoms with Crippen LogP contribution in [0.15, 0.2) is 0 Å². The Kier molecular flexibility index (Phi) is 796. The van der Waals surface area contributed by atoms with Crippen molar-refractivity contribution in [3.8, 4) is 0 Å². The fourth-order valence-electron chi connectivity index (χ4n) is 0. The van der Waals surface area contributed by atoms with Gasteiger partial charge in [-0.1, -0.05) is 0 Å². The molecule has 15 heteroatoms. The van der Waals surface area contributed by atoms with Gasteiger partial charge in [-0.2, -0.15) is 8.42 Å². The molecular weight excluding hydrogens is 292 g/mol. The molecule has 0 aliphatic carbocycles. The van der Waals surface area contributed by atoms with Crippen LogP contribution in [0.5, 0.6) is 0 Å². The molecule has 0 saturated carbocycles. The number of hydrogen-bond acceptors (Lipinski definition) is 4. The minimum absolute atomic E-state index is 0.